The molecule has 2 aliphatic heterocycles. The van der Waals surface area contributed by atoms with Crippen LogP contribution in [0.25, 0.3) is 20.4 Å². The van der Waals surface area contributed by atoms with Gasteiger partial charge in [-0.2, -0.15) is 0 Å². The van der Waals surface area contributed by atoms with Crippen molar-refractivity contribution in [2.75, 3.05) is 24.6 Å². The maximum atomic E-state index is 13.3. The summed E-state index contributed by atoms with van der Waals surface area (Å²) in [5, 5.41) is 9.73. The Morgan fingerprint density at radius 3 is 2.74 bits per heavy atom. The number of ether oxygens (including phenoxy) is 2. The molecular formula is C25H27N5O3S. The molecule has 6 rings (SSSR count). The van der Waals surface area contributed by atoms with E-state index in [-0.39, 0.29) is 11.2 Å². The molecule has 176 valence electrons. The van der Waals surface area contributed by atoms with Gasteiger partial charge in [-0.05, 0) is 44.4 Å². The summed E-state index contributed by atoms with van der Waals surface area (Å²) in [6, 6.07) is 9.55. The third-order valence-corrected chi connectivity index (χ3v) is 7.68. The number of para-hydroxylation sites is 1. The highest BCUT2D eigenvalue weighted by Gasteiger charge is 2.33. The van der Waals surface area contributed by atoms with E-state index in [9.17, 15) is 4.79 Å². The molecule has 8 nitrogen and oxygen atoms in total. The molecule has 0 bridgehead atoms. The predicted molar refractivity (Wildman–Crippen MR) is 133 cm³/mol. The number of rotatable bonds is 5. The Balaban J connectivity index is 1.42. The van der Waals surface area contributed by atoms with Crippen LogP contribution in [0.1, 0.15) is 37.8 Å². The van der Waals surface area contributed by atoms with Crippen molar-refractivity contribution >= 4 is 37.6 Å². The number of hydrogen-bond donors (Lipinski definition) is 0. The van der Waals surface area contributed by atoms with E-state index in [1.165, 1.54) is 34.4 Å². The first kappa shape index (κ1) is 21.5. The number of thiophene rings is 1. The average Bonchev–Trinajstić information content (AvgIpc) is 3.48. The number of hydrogen-bond acceptors (Lipinski definition) is 8. The van der Waals surface area contributed by atoms with E-state index in [0.29, 0.717) is 30.0 Å². The summed E-state index contributed by atoms with van der Waals surface area (Å²) in [7, 11) is 0. The fourth-order valence-electron chi connectivity index (χ4n) is 4.90. The van der Waals surface area contributed by atoms with E-state index < -0.39 is 0 Å². The summed E-state index contributed by atoms with van der Waals surface area (Å²) < 4.78 is 13.9. The normalized spacial score (nSPS) is 17.4. The molecule has 0 radical (unpaired) electrons. The quantitative estimate of drug-likeness (QED) is 0.431. The van der Waals surface area contributed by atoms with Gasteiger partial charge < -0.3 is 14.4 Å². The first-order chi connectivity index (χ1) is 16.5. The van der Waals surface area contributed by atoms with Crippen LogP contribution in [0.2, 0.25) is 0 Å². The standard InChI is InChI=1S/C25H27N5O3S/c1-25(2)14-17-18(15-33-25)22(29-10-6-7-11-29)26-23-19(17)20-21(34-23)24(31)30(28-27-20)12-13-32-16-8-4-3-5-9-16/h3-5,8-9H,6-7,10-15H2,1-2H3. The maximum absolute atomic E-state index is 13.3. The number of aromatic nitrogens is 4. The molecule has 1 saturated heterocycles. The number of benzene rings is 1. The lowest BCUT2D eigenvalue weighted by atomic mass is 9.90. The van der Waals surface area contributed by atoms with Crippen LogP contribution in [0.3, 0.4) is 0 Å². The van der Waals surface area contributed by atoms with Gasteiger partial charge in [0.25, 0.3) is 5.56 Å². The smallest absolute Gasteiger partial charge is 0.287 e. The van der Waals surface area contributed by atoms with Crippen molar-refractivity contribution in [3.63, 3.8) is 0 Å². The van der Waals surface area contributed by atoms with Crippen LogP contribution in [0.5, 0.6) is 5.75 Å². The van der Waals surface area contributed by atoms with E-state index in [1.54, 1.807) is 0 Å². The summed E-state index contributed by atoms with van der Waals surface area (Å²) >= 11 is 1.42. The maximum Gasteiger partial charge on any atom is 0.287 e. The summed E-state index contributed by atoms with van der Waals surface area (Å²) in [5.74, 6) is 1.77. The van der Waals surface area contributed by atoms with Crippen molar-refractivity contribution in [1.29, 1.82) is 0 Å². The molecule has 0 atom stereocenters. The Morgan fingerprint density at radius 2 is 1.94 bits per heavy atom. The first-order valence-corrected chi connectivity index (χ1v) is 12.6. The Labute approximate surface area is 201 Å². The van der Waals surface area contributed by atoms with Gasteiger partial charge >= 0.3 is 0 Å². The molecule has 2 aliphatic rings. The lowest BCUT2D eigenvalue weighted by molar-refractivity contribution is -0.0395. The summed E-state index contributed by atoms with van der Waals surface area (Å²) in [6.07, 6.45) is 3.10. The predicted octanol–water partition coefficient (Wildman–Crippen LogP) is 3.93. The third-order valence-electron chi connectivity index (χ3n) is 6.62. The second-order valence-corrected chi connectivity index (χ2v) is 10.6. The summed E-state index contributed by atoms with van der Waals surface area (Å²) in [6.45, 7) is 7.43. The van der Waals surface area contributed by atoms with E-state index in [1.807, 2.05) is 30.3 Å². The van der Waals surface area contributed by atoms with Gasteiger partial charge in [-0.25, -0.2) is 9.67 Å². The molecule has 0 aliphatic carbocycles. The Morgan fingerprint density at radius 1 is 1.15 bits per heavy atom. The van der Waals surface area contributed by atoms with Crippen LogP contribution in [0.15, 0.2) is 35.1 Å². The molecular weight excluding hydrogens is 450 g/mol. The number of anilines is 1. The number of nitrogens with zero attached hydrogens (tertiary/aromatic N) is 5. The highest BCUT2D eigenvalue weighted by molar-refractivity contribution is 7.25. The fourth-order valence-corrected chi connectivity index (χ4v) is 5.98. The minimum atomic E-state index is -0.283. The monoisotopic (exact) mass is 477 g/mol. The Hall–Kier alpha value is -3.04. The van der Waals surface area contributed by atoms with Crippen LogP contribution < -0.4 is 15.2 Å². The van der Waals surface area contributed by atoms with Crippen molar-refractivity contribution < 1.29 is 9.47 Å². The van der Waals surface area contributed by atoms with Crippen LogP contribution >= 0.6 is 11.3 Å². The fraction of sp³-hybridized carbons (Fsp3) is 0.440. The summed E-state index contributed by atoms with van der Waals surface area (Å²) in [5.41, 5.74) is 2.56. The lowest BCUT2D eigenvalue weighted by Gasteiger charge is -2.34. The molecule has 0 saturated carbocycles. The molecule has 3 aromatic heterocycles. The molecule has 9 heteroatoms. The van der Waals surface area contributed by atoms with E-state index >= 15 is 0 Å². The van der Waals surface area contributed by atoms with Crippen LogP contribution in [-0.2, 0) is 24.3 Å². The van der Waals surface area contributed by atoms with Gasteiger partial charge in [-0.1, -0.05) is 23.4 Å². The minimum Gasteiger partial charge on any atom is -0.492 e. The van der Waals surface area contributed by atoms with Gasteiger partial charge in [-0.3, -0.25) is 4.79 Å². The SMILES string of the molecule is CC1(C)Cc2c(c(N3CCCC3)nc3sc4c(=O)n(CCOc5ccccc5)nnc4c23)CO1. The van der Waals surface area contributed by atoms with Crippen LogP contribution in [0.4, 0.5) is 5.82 Å². The molecule has 4 aromatic rings. The Kier molecular flexibility index (Phi) is 5.26. The second kappa shape index (κ2) is 8.32. The highest BCUT2D eigenvalue weighted by Crippen LogP contribution is 2.42. The van der Waals surface area contributed by atoms with Gasteiger partial charge in [0.2, 0.25) is 0 Å². The zero-order valence-corrected chi connectivity index (χ0v) is 20.2. The van der Waals surface area contributed by atoms with Crippen molar-refractivity contribution in [3.8, 4) is 5.75 Å². The molecule has 0 amide bonds. The summed E-state index contributed by atoms with van der Waals surface area (Å²) in [4.78, 5) is 21.6. The highest BCUT2D eigenvalue weighted by atomic mass is 32.1. The van der Waals surface area contributed by atoms with Crippen molar-refractivity contribution in [3.05, 3.63) is 51.8 Å². The molecule has 34 heavy (non-hydrogen) atoms. The molecule has 1 fully saturated rings. The topological polar surface area (TPSA) is 82.4 Å². The molecule has 1 aromatic carbocycles. The average molecular weight is 478 g/mol. The third kappa shape index (κ3) is 3.73. The van der Waals surface area contributed by atoms with Gasteiger partial charge in [-0.15, -0.1) is 16.4 Å². The number of fused-ring (bicyclic) bond motifs is 5. The number of pyridine rings is 1. The molecule has 0 unspecified atom stereocenters. The zero-order valence-electron chi connectivity index (χ0n) is 19.4. The van der Waals surface area contributed by atoms with Crippen LogP contribution in [0, 0.1) is 0 Å². The largest absolute Gasteiger partial charge is 0.492 e. The lowest BCUT2D eigenvalue weighted by Crippen LogP contribution is -2.34. The van der Waals surface area contributed by atoms with Crippen LogP contribution in [-0.4, -0.2) is 45.3 Å². The van der Waals surface area contributed by atoms with Gasteiger partial charge in [0.05, 0.1) is 18.8 Å². The molecule has 0 spiro atoms. The van der Waals surface area contributed by atoms with E-state index in [0.717, 1.165) is 46.9 Å². The van der Waals surface area contributed by atoms with Gasteiger partial charge in [0.15, 0.2) is 0 Å². The van der Waals surface area contributed by atoms with E-state index in [4.69, 9.17) is 14.5 Å². The van der Waals surface area contributed by atoms with E-state index in [2.05, 4.69) is 29.1 Å². The zero-order chi connectivity index (χ0) is 23.3. The molecule has 5 heterocycles. The van der Waals surface area contributed by atoms with Crippen molar-refractivity contribution in [1.82, 2.24) is 20.0 Å². The molecule has 0 N–H and O–H groups in total. The Bertz CT molecular complexity index is 1420. The van der Waals surface area contributed by atoms with Gasteiger partial charge in [0, 0.05) is 30.5 Å². The second-order valence-electron chi connectivity index (χ2n) is 9.55. The first-order valence-electron chi connectivity index (χ1n) is 11.8. The van der Waals surface area contributed by atoms with Crippen molar-refractivity contribution in [2.45, 2.75) is 51.9 Å². The minimum absolute atomic E-state index is 0.146. The van der Waals surface area contributed by atoms with Gasteiger partial charge in [0.1, 0.15) is 33.2 Å². The van der Waals surface area contributed by atoms with Crippen molar-refractivity contribution in [2.24, 2.45) is 0 Å².